The minimum absolute atomic E-state index is 0.0835. The molecule has 0 saturated heterocycles. The number of aromatic amines is 1. The third kappa shape index (κ3) is 1.30. The Hall–Kier alpha value is -2.43. The molecule has 78 valence electrons. The zero-order valence-corrected chi connectivity index (χ0v) is 8.18. The number of hydrogen-bond acceptors (Lipinski definition) is 4. The number of hydrogen-bond donors (Lipinski definition) is 1. The first-order chi connectivity index (χ1) is 7.84. The van der Waals surface area contributed by atoms with Gasteiger partial charge in [-0.3, -0.25) is 4.79 Å². The average Bonchev–Trinajstić information content (AvgIpc) is 2.82. The van der Waals surface area contributed by atoms with Crippen LogP contribution in [-0.4, -0.2) is 15.4 Å². The van der Waals surface area contributed by atoms with E-state index in [0.717, 1.165) is 0 Å². The van der Waals surface area contributed by atoms with Crippen LogP contribution < -0.4 is 5.43 Å². The van der Waals surface area contributed by atoms with Crippen LogP contribution in [0.1, 0.15) is 0 Å². The van der Waals surface area contributed by atoms with Crippen molar-refractivity contribution in [3.8, 4) is 11.5 Å². The number of aromatic nitrogens is 3. The van der Waals surface area contributed by atoms with Crippen LogP contribution in [0.25, 0.3) is 22.4 Å². The number of fused-ring (bicyclic) bond motifs is 1. The molecule has 2 heterocycles. The van der Waals surface area contributed by atoms with Crippen LogP contribution in [-0.2, 0) is 0 Å². The highest BCUT2D eigenvalue weighted by molar-refractivity contribution is 5.77. The third-order valence-corrected chi connectivity index (χ3v) is 2.30. The highest BCUT2D eigenvalue weighted by atomic mass is 16.3. The van der Waals surface area contributed by atoms with E-state index in [2.05, 4.69) is 15.4 Å². The summed E-state index contributed by atoms with van der Waals surface area (Å²) >= 11 is 0. The van der Waals surface area contributed by atoms with Gasteiger partial charge in [-0.2, -0.15) is 15.4 Å². The monoisotopic (exact) mass is 213 g/mol. The number of nitrogens with zero attached hydrogens (tertiary/aromatic N) is 2. The van der Waals surface area contributed by atoms with Crippen LogP contribution in [0, 0.1) is 0 Å². The molecule has 1 N–H and O–H groups in total. The molecule has 5 heteroatoms. The summed E-state index contributed by atoms with van der Waals surface area (Å²) in [6.07, 6.45) is 1.51. The van der Waals surface area contributed by atoms with Gasteiger partial charge in [0.05, 0.1) is 11.6 Å². The number of benzene rings is 1. The SMILES string of the molecule is O=c1cc(-c2cn[nH]n2)oc2ccccc12. The van der Waals surface area contributed by atoms with E-state index < -0.39 is 0 Å². The molecule has 0 saturated carbocycles. The van der Waals surface area contributed by atoms with Crippen molar-refractivity contribution in [2.45, 2.75) is 0 Å². The molecule has 3 rings (SSSR count). The molecular weight excluding hydrogens is 206 g/mol. The van der Waals surface area contributed by atoms with Gasteiger partial charge in [0, 0.05) is 6.07 Å². The summed E-state index contributed by atoms with van der Waals surface area (Å²) in [5, 5.41) is 10.6. The zero-order valence-electron chi connectivity index (χ0n) is 8.18. The summed E-state index contributed by atoms with van der Waals surface area (Å²) in [5.74, 6) is 0.414. The van der Waals surface area contributed by atoms with E-state index in [1.807, 2.05) is 6.07 Å². The smallest absolute Gasteiger partial charge is 0.193 e. The Kier molecular flexibility index (Phi) is 1.83. The molecule has 0 amide bonds. The standard InChI is InChI=1S/C11H7N3O2/c15-9-5-11(8-6-12-14-13-8)16-10-4-2-1-3-7(9)10/h1-6H,(H,12,13,14). The van der Waals surface area contributed by atoms with Crippen molar-refractivity contribution >= 4 is 11.0 Å². The molecule has 0 aliphatic carbocycles. The highest BCUT2D eigenvalue weighted by Crippen LogP contribution is 2.18. The van der Waals surface area contributed by atoms with Crippen molar-refractivity contribution in [2.24, 2.45) is 0 Å². The summed E-state index contributed by atoms with van der Waals surface area (Å²) in [5.41, 5.74) is 0.982. The molecule has 0 radical (unpaired) electrons. The maximum Gasteiger partial charge on any atom is 0.193 e. The molecule has 0 aliphatic rings. The molecule has 2 aromatic heterocycles. The summed E-state index contributed by atoms with van der Waals surface area (Å²) in [6.45, 7) is 0. The van der Waals surface area contributed by atoms with E-state index >= 15 is 0 Å². The van der Waals surface area contributed by atoms with Gasteiger partial charge < -0.3 is 4.42 Å². The molecule has 0 spiro atoms. The maximum absolute atomic E-state index is 11.8. The zero-order chi connectivity index (χ0) is 11.0. The number of H-pyrrole nitrogens is 1. The van der Waals surface area contributed by atoms with Gasteiger partial charge in [-0.05, 0) is 12.1 Å². The average molecular weight is 213 g/mol. The Morgan fingerprint density at radius 3 is 2.94 bits per heavy atom. The molecule has 0 atom stereocenters. The Bertz CT molecular complexity index is 686. The largest absolute Gasteiger partial charge is 0.454 e. The Morgan fingerprint density at radius 1 is 1.25 bits per heavy atom. The van der Waals surface area contributed by atoms with Crippen LogP contribution in [0.4, 0.5) is 0 Å². The van der Waals surface area contributed by atoms with Crippen LogP contribution in [0.15, 0.2) is 45.7 Å². The van der Waals surface area contributed by atoms with E-state index in [4.69, 9.17) is 4.42 Å². The second kappa shape index (κ2) is 3.30. The van der Waals surface area contributed by atoms with Gasteiger partial charge in [-0.25, -0.2) is 0 Å². The van der Waals surface area contributed by atoms with Gasteiger partial charge in [-0.15, -0.1) is 0 Å². The van der Waals surface area contributed by atoms with Gasteiger partial charge in [-0.1, -0.05) is 12.1 Å². The van der Waals surface area contributed by atoms with Crippen LogP contribution in [0.2, 0.25) is 0 Å². The maximum atomic E-state index is 11.8. The van der Waals surface area contributed by atoms with Gasteiger partial charge >= 0.3 is 0 Å². The Morgan fingerprint density at radius 2 is 2.12 bits per heavy atom. The van der Waals surface area contributed by atoms with Crippen molar-refractivity contribution in [1.29, 1.82) is 0 Å². The van der Waals surface area contributed by atoms with Gasteiger partial charge in [0.25, 0.3) is 0 Å². The van der Waals surface area contributed by atoms with E-state index in [9.17, 15) is 4.79 Å². The van der Waals surface area contributed by atoms with Crippen LogP contribution >= 0.6 is 0 Å². The van der Waals surface area contributed by atoms with E-state index in [1.165, 1.54) is 12.3 Å². The van der Waals surface area contributed by atoms with Crippen molar-refractivity contribution in [3.05, 3.63) is 46.8 Å². The fraction of sp³-hybridized carbons (Fsp3) is 0. The lowest BCUT2D eigenvalue weighted by molar-refractivity contribution is 0.615. The molecular formula is C11H7N3O2. The highest BCUT2D eigenvalue weighted by Gasteiger charge is 2.07. The second-order valence-electron chi connectivity index (χ2n) is 3.33. The second-order valence-corrected chi connectivity index (χ2v) is 3.33. The quantitative estimate of drug-likeness (QED) is 0.666. The number of nitrogens with one attached hydrogen (secondary N) is 1. The normalized spacial score (nSPS) is 10.8. The fourth-order valence-electron chi connectivity index (χ4n) is 1.55. The van der Waals surface area contributed by atoms with E-state index in [0.29, 0.717) is 22.4 Å². The molecule has 3 aromatic rings. The topological polar surface area (TPSA) is 71.8 Å². The summed E-state index contributed by atoms with van der Waals surface area (Å²) < 4.78 is 5.56. The summed E-state index contributed by atoms with van der Waals surface area (Å²) in [6, 6.07) is 8.52. The first-order valence-corrected chi connectivity index (χ1v) is 4.73. The summed E-state index contributed by atoms with van der Waals surface area (Å²) in [7, 11) is 0. The molecule has 0 bridgehead atoms. The predicted molar refractivity (Wildman–Crippen MR) is 57.9 cm³/mol. The van der Waals surface area contributed by atoms with E-state index in [1.54, 1.807) is 18.2 Å². The third-order valence-electron chi connectivity index (χ3n) is 2.30. The fourth-order valence-corrected chi connectivity index (χ4v) is 1.55. The van der Waals surface area contributed by atoms with Crippen molar-refractivity contribution < 1.29 is 4.42 Å². The predicted octanol–water partition coefficient (Wildman–Crippen LogP) is 1.58. The molecule has 16 heavy (non-hydrogen) atoms. The van der Waals surface area contributed by atoms with Gasteiger partial charge in [0.2, 0.25) is 0 Å². The minimum atomic E-state index is -0.0835. The minimum Gasteiger partial charge on any atom is -0.454 e. The van der Waals surface area contributed by atoms with Gasteiger partial charge in [0.1, 0.15) is 11.3 Å². The lowest BCUT2D eigenvalue weighted by atomic mass is 10.2. The Labute approximate surface area is 89.7 Å². The Balaban J connectivity index is 2.34. The number of rotatable bonds is 1. The molecule has 0 unspecified atom stereocenters. The first-order valence-electron chi connectivity index (χ1n) is 4.73. The van der Waals surface area contributed by atoms with Crippen LogP contribution in [0.5, 0.6) is 0 Å². The molecule has 0 aliphatic heterocycles. The molecule has 5 nitrogen and oxygen atoms in total. The van der Waals surface area contributed by atoms with Crippen molar-refractivity contribution in [1.82, 2.24) is 15.4 Å². The summed E-state index contributed by atoms with van der Waals surface area (Å²) in [4.78, 5) is 11.8. The van der Waals surface area contributed by atoms with E-state index in [-0.39, 0.29) is 5.43 Å². The molecule has 1 aromatic carbocycles. The number of para-hydroxylation sites is 1. The van der Waals surface area contributed by atoms with Crippen LogP contribution in [0.3, 0.4) is 0 Å². The lowest BCUT2D eigenvalue weighted by Crippen LogP contribution is -1.99. The van der Waals surface area contributed by atoms with Crippen molar-refractivity contribution in [2.75, 3.05) is 0 Å². The lowest BCUT2D eigenvalue weighted by Gasteiger charge is -1.98. The molecule has 0 fully saturated rings. The first kappa shape index (κ1) is 8.84. The van der Waals surface area contributed by atoms with Crippen molar-refractivity contribution in [3.63, 3.8) is 0 Å². The van der Waals surface area contributed by atoms with Gasteiger partial charge in [0.15, 0.2) is 11.2 Å².